The number of aromatic nitrogens is 1. The average molecular weight is 412 g/mol. The predicted molar refractivity (Wildman–Crippen MR) is 110 cm³/mol. The zero-order valence-electron chi connectivity index (χ0n) is 16.0. The van der Waals surface area contributed by atoms with E-state index in [0.29, 0.717) is 18.6 Å². The Balaban J connectivity index is 1.82. The summed E-state index contributed by atoms with van der Waals surface area (Å²) >= 11 is 2.84. The van der Waals surface area contributed by atoms with Crippen LogP contribution in [0.5, 0.6) is 0 Å². The van der Waals surface area contributed by atoms with Gasteiger partial charge in [0.25, 0.3) is 0 Å². The molecular formula is C20H29NO4S2. The Morgan fingerprint density at radius 1 is 1.52 bits per heavy atom. The topological polar surface area (TPSA) is 87.5 Å². The molecule has 1 fully saturated rings. The lowest BCUT2D eigenvalue weighted by Gasteiger charge is -2.21. The van der Waals surface area contributed by atoms with Gasteiger partial charge in [-0.25, -0.2) is 9.78 Å². The molecule has 0 bridgehead atoms. The zero-order chi connectivity index (χ0) is 19.9. The summed E-state index contributed by atoms with van der Waals surface area (Å²) in [6, 6.07) is 0. The number of aliphatic hydroxyl groups is 1. The van der Waals surface area contributed by atoms with Crippen LogP contribution in [0.3, 0.4) is 0 Å². The molecule has 2 rings (SSSR count). The summed E-state index contributed by atoms with van der Waals surface area (Å²) in [5.41, 5.74) is -0.594. The summed E-state index contributed by atoms with van der Waals surface area (Å²) in [5.74, 6) is 0.318. The molecule has 7 heteroatoms. The zero-order valence-corrected chi connectivity index (χ0v) is 17.7. The molecule has 1 heterocycles. The Hall–Kier alpha value is -1.18. The van der Waals surface area contributed by atoms with Crippen molar-refractivity contribution in [3.8, 4) is 0 Å². The third kappa shape index (κ3) is 7.05. The van der Waals surface area contributed by atoms with Crippen molar-refractivity contribution in [1.29, 1.82) is 0 Å². The molecule has 150 valence electrons. The van der Waals surface area contributed by atoms with Crippen molar-refractivity contribution >= 4 is 34.9 Å². The Morgan fingerprint density at radius 3 is 2.96 bits per heavy atom. The quantitative estimate of drug-likeness (QED) is 0.401. The van der Waals surface area contributed by atoms with Gasteiger partial charge in [0, 0.05) is 23.5 Å². The molecule has 1 aromatic heterocycles. The summed E-state index contributed by atoms with van der Waals surface area (Å²) in [5, 5.41) is 20.8. The van der Waals surface area contributed by atoms with Gasteiger partial charge in [-0.15, -0.1) is 11.3 Å². The fourth-order valence-corrected chi connectivity index (χ4v) is 5.28. The molecule has 3 atom stereocenters. The highest BCUT2D eigenvalue weighted by Gasteiger charge is 2.32. The second-order valence-electron chi connectivity index (χ2n) is 7.45. The molecule has 5 nitrogen and oxygen atoms in total. The molecule has 0 amide bonds. The molecule has 0 spiro atoms. The van der Waals surface area contributed by atoms with Crippen molar-refractivity contribution in [1.82, 2.24) is 4.98 Å². The van der Waals surface area contributed by atoms with Gasteiger partial charge in [-0.3, -0.25) is 4.79 Å². The van der Waals surface area contributed by atoms with Crippen molar-refractivity contribution in [2.24, 2.45) is 11.8 Å². The summed E-state index contributed by atoms with van der Waals surface area (Å²) in [4.78, 5) is 27.2. The fourth-order valence-electron chi connectivity index (χ4n) is 3.39. The summed E-state index contributed by atoms with van der Waals surface area (Å²) in [7, 11) is 0. The first kappa shape index (κ1) is 22.1. The van der Waals surface area contributed by atoms with Crippen LogP contribution in [0.15, 0.2) is 21.9 Å². The normalized spacial score (nSPS) is 22.4. The number of allylic oxidation sites excluding steroid dienone is 1. The Kier molecular flexibility index (Phi) is 8.51. The smallest absolute Gasteiger partial charge is 0.355 e. The molecule has 0 saturated heterocycles. The van der Waals surface area contributed by atoms with Crippen molar-refractivity contribution in [3.63, 3.8) is 0 Å². The van der Waals surface area contributed by atoms with Crippen LogP contribution < -0.4 is 0 Å². The van der Waals surface area contributed by atoms with E-state index in [4.69, 9.17) is 5.11 Å². The van der Waals surface area contributed by atoms with E-state index in [0.717, 1.165) is 42.2 Å². The van der Waals surface area contributed by atoms with Gasteiger partial charge in [0.2, 0.25) is 0 Å². The average Bonchev–Trinajstić information content (AvgIpc) is 3.22. The number of Topliss-reactive ketones (excluding diaryl/α,β-unsaturated/α-hetero) is 1. The van der Waals surface area contributed by atoms with Gasteiger partial charge >= 0.3 is 5.97 Å². The number of hydrogen-bond acceptors (Lipinski definition) is 6. The summed E-state index contributed by atoms with van der Waals surface area (Å²) in [6.45, 7) is 3.99. The standard InChI is InChI=1S/C20H29NO4S2/c1-3-4-10-20(2,25)11-5-6-14-7-8-17(22)15(14)9-12-26-19-21-16(13-27-19)18(23)24/h5-6,13-15,25H,3-4,7-12H2,1-2H3,(H,23,24)/b6-5+/t14-,15+,20?/m0/s1. The number of hydrogen-bond donors (Lipinski definition) is 2. The molecule has 1 aromatic rings. The molecule has 0 aromatic carbocycles. The number of carbonyl (C=O) groups excluding carboxylic acids is 1. The lowest BCUT2D eigenvalue weighted by atomic mass is 9.90. The number of carboxylic acid groups (broad SMARTS) is 1. The SMILES string of the molecule is CCCCC(C)(O)C/C=C/[C@H]1CCC(=O)[C@@H]1CCSc1nc(C(=O)O)cs1. The highest BCUT2D eigenvalue weighted by atomic mass is 32.2. The first-order chi connectivity index (χ1) is 12.8. The first-order valence-electron chi connectivity index (χ1n) is 9.56. The van der Waals surface area contributed by atoms with Crippen LogP contribution in [-0.4, -0.2) is 38.3 Å². The van der Waals surface area contributed by atoms with Crippen LogP contribution in [0.1, 0.15) is 69.3 Å². The number of thiazole rings is 1. The van der Waals surface area contributed by atoms with Crippen LogP contribution in [0.25, 0.3) is 0 Å². The summed E-state index contributed by atoms with van der Waals surface area (Å²) < 4.78 is 0.733. The van der Waals surface area contributed by atoms with Gasteiger partial charge < -0.3 is 10.2 Å². The Bertz CT molecular complexity index is 669. The number of rotatable bonds is 11. The molecule has 1 aliphatic carbocycles. The summed E-state index contributed by atoms with van der Waals surface area (Å²) in [6.07, 6.45) is 9.93. The van der Waals surface area contributed by atoms with Crippen LogP contribution >= 0.6 is 23.1 Å². The van der Waals surface area contributed by atoms with Gasteiger partial charge in [0.05, 0.1) is 5.60 Å². The van der Waals surface area contributed by atoms with Crippen molar-refractivity contribution in [2.75, 3.05) is 5.75 Å². The number of aromatic carboxylic acids is 1. The maximum Gasteiger partial charge on any atom is 0.355 e. The Labute approximate surface area is 169 Å². The van der Waals surface area contributed by atoms with E-state index in [-0.39, 0.29) is 17.5 Å². The van der Waals surface area contributed by atoms with Gasteiger partial charge in [-0.05, 0) is 38.5 Å². The van der Waals surface area contributed by atoms with Gasteiger partial charge in [-0.1, -0.05) is 43.7 Å². The highest BCUT2D eigenvalue weighted by molar-refractivity contribution is 8.01. The lowest BCUT2D eigenvalue weighted by Crippen LogP contribution is -2.22. The molecule has 1 unspecified atom stereocenters. The molecule has 1 saturated carbocycles. The number of thioether (sulfide) groups is 1. The lowest BCUT2D eigenvalue weighted by molar-refractivity contribution is -0.121. The van der Waals surface area contributed by atoms with E-state index < -0.39 is 11.6 Å². The maximum atomic E-state index is 12.2. The highest BCUT2D eigenvalue weighted by Crippen LogP contribution is 2.35. The molecule has 27 heavy (non-hydrogen) atoms. The van der Waals surface area contributed by atoms with Crippen molar-refractivity contribution in [2.45, 2.75) is 68.7 Å². The van der Waals surface area contributed by atoms with Crippen LogP contribution in [-0.2, 0) is 4.79 Å². The molecule has 1 aliphatic rings. The number of unbranched alkanes of at least 4 members (excludes halogenated alkanes) is 1. The van der Waals surface area contributed by atoms with Crippen LogP contribution in [0, 0.1) is 11.8 Å². The second kappa shape index (κ2) is 10.4. The molecule has 0 aliphatic heterocycles. The van der Waals surface area contributed by atoms with Gasteiger partial charge in [0.15, 0.2) is 10.0 Å². The third-order valence-corrected chi connectivity index (χ3v) is 7.08. The predicted octanol–water partition coefficient (Wildman–Crippen LogP) is 4.81. The number of nitrogens with zero attached hydrogens (tertiary/aromatic N) is 1. The fraction of sp³-hybridized carbons (Fsp3) is 0.650. The van der Waals surface area contributed by atoms with Crippen LogP contribution in [0.4, 0.5) is 0 Å². The molecular weight excluding hydrogens is 382 g/mol. The minimum Gasteiger partial charge on any atom is -0.476 e. The van der Waals surface area contributed by atoms with E-state index in [2.05, 4.69) is 18.0 Å². The second-order valence-corrected chi connectivity index (χ2v) is 9.65. The molecule has 0 radical (unpaired) electrons. The van der Waals surface area contributed by atoms with Gasteiger partial charge in [0.1, 0.15) is 5.78 Å². The number of ketones is 1. The number of carboxylic acids is 1. The Morgan fingerprint density at radius 2 is 2.30 bits per heavy atom. The minimum atomic E-state index is -1.01. The van der Waals surface area contributed by atoms with Crippen molar-refractivity contribution < 1.29 is 19.8 Å². The largest absolute Gasteiger partial charge is 0.476 e. The van der Waals surface area contributed by atoms with E-state index in [1.165, 1.54) is 23.1 Å². The van der Waals surface area contributed by atoms with E-state index in [9.17, 15) is 14.7 Å². The van der Waals surface area contributed by atoms with Crippen molar-refractivity contribution in [3.05, 3.63) is 23.2 Å². The first-order valence-corrected chi connectivity index (χ1v) is 11.4. The number of carbonyl (C=O) groups is 2. The minimum absolute atomic E-state index is 0.0215. The third-order valence-electron chi connectivity index (χ3n) is 5.02. The van der Waals surface area contributed by atoms with E-state index >= 15 is 0 Å². The monoisotopic (exact) mass is 411 g/mol. The van der Waals surface area contributed by atoms with E-state index in [1.807, 2.05) is 13.0 Å². The van der Waals surface area contributed by atoms with Gasteiger partial charge in [-0.2, -0.15) is 0 Å². The van der Waals surface area contributed by atoms with E-state index in [1.54, 1.807) is 5.38 Å². The van der Waals surface area contributed by atoms with Crippen LogP contribution in [0.2, 0.25) is 0 Å². The molecule has 2 N–H and O–H groups in total. The maximum absolute atomic E-state index is 12.2.